The van der Waals surface area contributed by atoms with E-state index in [0.29, 0.717) is 10.0 Å². The number of halogens is 4. The van der Waals surface area contributed by atoms with Gasteiger partial charge < -0.3 is 4.90 Å². The first kappa shape index (κ1) is 15.8. The highest BCUT2D eigenvalue weighted by Crippen LogP contribution is 2.22. The fourth-order valence-electron chi connectivity index (χ4n) is 1.52. The Hall–Kier alpha value is -1.30. The van der Waals surface area contributed by atoms with Gasteiger partial charge >= 0.3 is 6.18 Å². The Morgan fingerprint density at radius 2 is 1.95 bits per heavy atom. The standard InChI is InChI=1S/C13H13BrF3NO/c1-9(2)12(19)18(8-13(15,16)17)7-10-5-3-4-6-11(10)14/h3-6H,1,7-8H2,2H3. The lowest BCUT2D eigenvalue weighted by molar-refractivity contribution is -0.160. The summed E-state index contributed by atoms with van der Waals surface area (Å²) in [5.74, 6) is -0.701. The molecule has 104 valence electrons. The Balaban J connectivity index is 2.95. The van der Waals surface area contributed by atoms with Crippen molar-refractivity contribution < 1.29 is 18.0 Å². The molecule has 0 saturated carbocycles. The van der Waals surface area contributed by atoms with Crippen LogP contribution in [0.2, 0.25) is 0 Å². The predicted octanol–water partition coefficient (Wildman–Crippen LogP) is 3.92. The largest absolute Gasteiger partial charge is 0.406 e. The minimum Gasteiger partial charge on any atom is -0.325 e. The Morgan fingerprint density at radius 1 is 1.37 bits per heavy atom. The van der Waals surface area contributed by atoms with E-state index in [1.807, 2.05) is 0 Å². The van der Waals surface area contributed by atoms with Gasteiger partial charge in [0.25, 0.3) is 0 Å². The molecular formula is C13H13BrF3NO. The molecule has 0 saturated heterocycles. The molecule has 0 aromatic heterocycles. The second-order valence-corrected chi connectivity index (χ2v) is 5.00. The van der Waals surface area contributed by atoms with Crippen molar-refractivity contribution in [2.45, 2.75) is 19.6 Å². The van der Waals surface area contributed by atoms with E-state index >= 15 is 0 Å². The van der Waals surface area contributed by atoms with Gasteiger partial charge in [0.15, 0.2) is 0 Å². The molecule has 6 heteroatoms. The zero-order valence-corrected chi connectivity index (χ0v) is 11.9. The van der Waals surface area contributed by atoms with Crippen molar-refractivity contribution in [1.29, 1.82) is 0 Å². The first-order valence-electron chi connectivity index (χ1n) is 5.45. The van der Waals surface area contributed by atoms with Crippen LogP contribution in [0.5, 0.6) is 0 Å². The number of carbonyl (C=O) groups excluding carboxylic acids is 1. The fourth-order valence-corrected chi connectivity index (χ4v) is 1.93. The Bertz CT molecular complexity index is 485. The lowest BCUT2D eigenvalue weighted by Crippen LogP contribution is -2.38. The molecule has 0 aliphatic heterocycles. The van der Waals surface area contributed by atoms with Crippen LogP contribution in [0.1, 0.15) is 12.5 Å². The summed E-state index contributed by atoms with van der Waals surface area (Å²) in [6.07, 6.45) is -4.44. The minimum absolute atomic E-state index is 0.0799. The molecule has 0 N–H and O–H groups in total. The number of rotatable bonds is 4. The molecule has 0 atom stereocenters. The van der Waals surface area contributed by atoms with E-state index in [1.54, 1.807) is 24.3 Å². The molecule has 1 rings (SSSR count). The van der Waals surface area contributed by atoms with Crippen LogP contribution in [0.4, 0.5) is 13.2 Å². The molecule has 0 heterocycles. The average Bonchev–Trinajstić information content (AvgIpc) is 2.28. The van der Waals surface area contributed by atoms with Crippen LogP contribution in [-0.2, 0) is 11.3 Å². The Morgan fingerprint density at radius 3 is 2.42 bits per heavy atom. The van der Waals surface area contributed by atoms with Gasteiger partial charge in [0.05, 0.1) is 0 Å². The third-order valence-electron chi connectivity index (χ3n) is 2.34. The van der Waals surface area contributed by atoms with Gasteiger partial charge in [0.2, 0.25) is 5.91 Å². The lowest BCUT2D eigenvalue weighted by atomic mass is 10.2. The highest BCUT2D eigenvalue weighted by molar-refractivity contribution is 9.10. The van der Waals surface area contributed by atoms with Gasteiger partial charge in [-0.05, 0) is 18.6 Å². The van der Waals surface area contributed by atoms with E-state index < -0.39 is 18.6 Å². The number of alkyl halides is 3. The molecule has 0 bridgehead atoms. The maximum absolute atomic E-state index is 12.5. The Labute approximate surface area is 118 Å². The van der Waals surface area contributed by atoms with Crippen molar-refractivity contribution >= 4 is 21.8 Å². The highest BCUT2D eigenvalue weighted by Gasteiger charge is 2.33. The van der Waals surface area contributed by atoms with Crippen LogP contribution in [0.15, 0.2) is 40.9 Å². The number of benzene rings is 1. The van der Waals surface area contributed by atoms with Gasteiger partial charge in [-0.2, -0.15) is 13.2 Å². The number of nitrogens with zero attached hydrogens (tertiary/aromatic N) is 1. The Kier molecular flexibility index (Phi) is 5.17. The molecule has 0 spiro atoms. The summed E-state index contributed by atoms with van der Waals surface area (Å²) in [6.45, 7) is 3.38. The zero-order chi connectivity index (χ0) is 14.6. The van der Waals surface area contributed by atoms with Crippen molar-refractivity contribution in [3.63, 3.8) is 0 Å². The molecule has 1 aromatic rings. The van der Waals surface area contributed by atoms with Gasteiger partial charge in [-0.1, -0.05) is 40.7 Å². The van der Waals surface area contributed by atoms with Gasteiger partial charge in [0, 0.05) is 16.6 Å². The van der Waals surface area contributed by atoms with E-state index in [1.165, 1.54) is 6.92 Å². The van der Waals surface area contributed by atoms with Gasteiger partial charge in [-0.25, -0.2) is 0 Å². The summed E-state index contributed by atoms with van der Waals surface area (Å²) >= 11 is 3.25. The molecular weight excluding hydrogens is 323 g/mol. The normalized spacial score (nSPS) is 11.2. The number of hydrogen-bond donors (Lipinski definition) is 0. The number of hydrogen-bond acceptors (Lipinski definition) is 1. The fraction of sp³-hybridized carbons (Fsp3) is 0.308. The molecule has 0 aliphatic carbocycles. The second-order valence-electron chi connectivity index (χ2n) is 4.15. The first-order chi connectivity index (χ1) is 8.70. The topological polar surface area (TPSA) is 20.3 Å². The maximum Gasteiger partial charge on any atom is 0.406 e. The van der Waals surface area contributed by atoms with E-state index in [0.717, 1.165) is 4.90 Å². The van der Waals surface area contributed by atoms with Crippen molar-refractivity contribution in [1.82, 2.24) is 4.90 Å². The molecule has 0 radical (unpaired) electrons. The molecule has 1 aromatic carbocycles. The van der Waals surface area contributed by atoms with Gasteiger partial charge in [0.1, 0.15) is 6.54 Å². The summed E-state index contributed by atoms with van der Waals surface area (Å²) in [4.78, 5) is 12.5. The van der Waals surface area contributed by atoms with Crippen LogP contribution < -0.4 is 0 Å². The SMILES string of the molecule is C=C(C)C(=O)N(Cc1ccccc1Br)CC(F)(F)F. The summed E-state index contributed by atoms with van der Waals surface area (Å²) in [7, 11) is 0. The minimum atomic E-state index is -4.44. The van der Waals surface area contributed by atoms with E-state index in [-0.39, 0.29) is 12.1 Å². The van der Waals surface area contributed by atoms with Gasteiger partial charge in [-0.15, -0.1) is 0 Å². The van der Waals surface area contributed by atoms with E-state index in [2.05, 4.69) is 22.5 Å². The van der Waals surface area contributed by atoms with Crippen LogP contribution in [0.3, 0.4) is 0 Å². The maximum atomic E-state index is 12.5. The van der Waals surface area contributed by atoms with Crippen molar-refractivity contribution in [2.75, 3.05) is 6.54 Å². The van der Waals surface area contributed by atoms with Crippen LogP contribution in [-0.4, -0.2) is 23.5 Å². The lowest BCUT2D eigenvalue weighted by Gasteiger charge is -2.24. The van der Waals surface area contributed by atoms with E-state index in [9.17, 15) is 18.0 Å². The van der Waals surface area contributed by atoms with Crippen LogP contribution in [0.25, 0.3) is 0 Å². The summed E-state index contributed by atoms with van der Waals surface area (Å²) in [5.41, 5.74) is 0.692. The monoisotopic (exact) mass is 335 g/mol. The third kappa shape index (κ3) is 5.06. The summed E-state index contributed by atoms with van der Waals surface area (Å²) in [6, 6.07) is 6.84. The number of carbonyl (C=O) groups is 1. The first-order valence-corrected chi connectivity index (χ1v) is 6.25. The van der Waals surface area contributed by atoms with Crippen LogP contribution in [0, 0.1) is 0 Å². The predicted molar refractivity (Wildman–Crippen MR) is 70.4 cm³/mol. The van der Waals surface area contributed by atoms with Crippen molar-refractivity contribution in [2.24, 2.45) is 0 Å². The average molecular weight is 336 g/mol. The van der Waals surface area contributed by atoms with Crippen molar-refractivity contribution in [3.8, 4) is 0 Å². The number of amides is 1. The van der Waals surface area contributed by atoms with Crippen LogP contribution >= 0.6 is 15.9 Å². The molecule has 0 unspecified atom stereocenters. The summed E-state index contributed by atoms with van der Waals surface area (Å²) < 4.78 is 38.2. The van der Waals surface area contributed by atoms with Gasteiger partial charge in [-0.3, -0.25) is 4.79 Å². The second kappa shape index (κ2) is 6.23. The molecule has 2 nitrogen and oxygen atoms in total. The molecule has 0 fully saturated rings. The van der Waals surface area contributed by atoms with Crippen molar-refractivity contribution in [3.05, 3.63) is 46.5 Å². The van der Waals surface area contributed by atoms with E-state index in [4.69, 9.17) is 0 Å². The highest BCUT2D eigenvalue weighted by atomic mass is 79.9. The third-order valence-corrected chi connectivity index (χ3v) is 3.12. The molecule has 1 amide bonds. The zero-order valence-electron chi connectivity index (χ0n) is 10.3. The molecule has 19 heavy (non-hydrogen) atoms. The summed E-state index contributed by atoms with van der Waals surface area (Å²) in [5, 5.41) is 0. The molecule has 0 aliphatic rings. The smallest absolute Gasteiger partial charge is 0.325 e. The quantitative estimate of drug-likeness (QED) is 0.764.